The molecule has 4 nitrogen and oxygen atoms in total. The Morgan fingerprint density at radius 2 is 2.13 bits per heavy atom. The molecular formula is C10H11FN4. The topological polar surface area (TPSA) is 53.6 Å². The minimum Gasteiger partial charge on any atom is -0.306 e. The first kappa shape index (κ1) is 9.79. The summed E-state index contributed by atoms with van der Waals surface area (Å²) in [5, 5.41) is 9.51. The lowest BCUT2D eigenvalue weighted by Gasteiger charge is -2.03. The van der Waals surface area contributed by atoms with E-state index in [9.17, 15) is 4.39 Å². The van der Waals surface area contributed by atoms with Crippen LogP contribution in [0.4, 0.5) is 4.39 Å². The largest absolute Gasteiger partial charge is 0.306 e. The average Bonchev–Trinajstić information content (AvgIpc) is 2.74. The number of nitrogens with zero attached hydrogens (tertiary/aromatic N) is 2. The van der Waals surface area contributed by atoms with Gasteiger partial charge >= 0.3 is 0 Å². The number of rotatable bonds is 4. The number of halogens is 1. The van der Waals surface area contributed by atoms with Crippen LogP contribution in [-0.4, -0.2) is 15.2 Å². The van der Waals surface area contributed by atoms with E-state index in [0.717, 1.165) is 5.82 Å². The van der Waals surface area contributed by atoms with E-state index in [4.69, 9.17) is 0 Å². The smallest absolute Gasteiger partial charge is 0.138 e. The first-order valence-electron chi connectivity index (χ1n) is 4.64. The van der Waals surface area contributed by atoms with Crippen LogP contribution in [0.5, 0.6) is 0 Å². The van der Waals surface area contributed by atoms with Gasteiger partial charge in [0.1, 0.15) is 18.0 Å². The van der Waals surface area contributed by atoms with E-state index in [1.54, 1.807) is 12.1 Å². The molecule has 0 aliphatic carbocycles. The minimum absolute atomic E-state index is 0.192. The molecule has 2 N–H and O–H groups in total. The van der Waals surface area contributed by atoms with Gasteiger partial charge in [0.2, 0.25) is 0 Å². The number of benzene rings is 1. The average molecular weight is 206 g/mol. The van der Waals surface area contributed by atoms with E-state index in [2.05, 4.69) is 20.5 Å². The third-order valence-electron chi connectivity index (χ3n) is 2.03. The van der Waals surface area contributed by atoms with Crippen LogP contribution in [0.1, 0.15) is 11.4 Å². The van der Waals surface area contributed by atoms with Crippen LogP contribution in [0.15, 0.2) is 30.6 Å². The van der Waals surface area contributed by atoms with Crippen molar-refractivity contribution in [1.29, 1.82) is 0 Å². The Labute approximate surface area is 86.6 Å². The standard InChI is InChI=1S/C10H11FN4/c11-9-4-2-1-3-8(9)5-12-6-10-13-7-14-15-10/h1-4,7,12H,5-6H2,(H,13,14,15). The Morgan fingerprint density at radius 3 is 2.87 bits per heavy atom. The molecule has 0 radical (unpaired) electrons. The van der Waals surface area contributed by atoms with Gasteiger partial charge in [-0.15, -0.1) is 0 Å². The Bertz CT molecular complexity index is 413. The van der Waals surface area contributed by atoms with Gasteiger partial charge in [-0.25, -0.2) is 9.37 Å². The van der Waals surface area contributed by atoms with Crippen LogP contribution in [-0.2, 0) is 13.1 Å². The zero-order chi connectivity index (χ0) is 10.5. The van der Waals surface area contributed by atoms with Crippen molar-refractivity contribution >= 4 is 0 Å². The van der Waals surface area contributed by atoms with E-state index in [-0.39, 0.29) is 5.82 Å². The first-order chi connectivity index (χ1) is 7.36. The zero-order valence-corrected chi connectivity index (χ0v) is 8.07. The maximum atomic E-state index is 13.2. The molecular weight excluding hydrogens is 195 g/mol. The van der Waals surface area contributed by atoms with Crippen LogP contribution < -0.4 is 5.32 Å². The fourth-order valence-electron chi connectivity index (χ4n) is 1.27. The molecule has 1 aromatic carbocycles. The van der Waals surface area contributed by atoms with Gasteiger partial charge in [-0.3, -0.25) is 5.10 Å². The molecule has 0 bridgehead atoms. The van der Waals surface area contributed by atoms with E-state index < -0.39 is 0 Å². The summed E-state index contributed by atoms with van der Waals surface area (Å²) in [5.74, 6) is 0.550. The summed E-state index contributed by atoms with van der Waals surface area (Å²) in [5.41, 5.74) is 0.650. The summed E-state index contributed by atoms with van der Waals surface area (Å²) in [6.07, 6.45) is 1.44. The zero-order valence-electron chi connectivity index (χ0n) is 8.07. The van der Waals surface area contributed by atoms with Crippen LogP contribution in [0, 0.1) is 5.82 Å². The van der Waals surface area contributed by atoms with Gasteiger partial charge in [-0.05, 0) is 6.07 Å². The number of nitrogens with one attached hydrogen (secondary N) is 2. The van der Waals surface area contributed by atoms with E-state index >= 15 is 0 Å². The van der Waals surface area contributed by atoms with Crippen molar-refractivity contribution in [3.05, 3.63) is 47.8 Å². The van der Waals surface area contributed by atoms with Crippen molar-refractivity contribution in [2.24, 2.45) is 0 Å². The molecule has 0 amide bonds. The molecule has 5 heteroatoms. The highest BCUT2D eigenvalue weighted by Crippen LogP contribution is 2.05. The molecule has 0 unspecified atom stereocenters. The van der Waals surface area contributed by atoms with Gasteiger partial charge in [0, 0.05) is 12.1 Å². The summed E-state index contributed by atoms with van der Waals surface area (Å²) in [7, 11) is 0. The molecule has 0 saturated carbocycles. The Morgan fingerprint density at radius 1 is 1.27 bits per heavy atom. The molecule has 15 heavy (non-hydrogen) atoms. The maximum Gasteiger partial charge on any atom is 0.138 e. The Hall–Kier alpha value is -1.75. The third-order valence-corrected chi connectivity index (χ3v) is 2.03. The van der Waals surface area contributed by atoms with Crippen LogP contribution in [0.3, 0.4) is 0 Å². The lowest BCUT2D eigenvalue weighted by atomic mass is 10.2. The second-order valence-corrected chi connectivity index (χ2v) is 3.13. The third kappa shape index (κ3) is 2.60. The molecule has 1 heterocycles. The number of H-pyrrole nitrogens is 1. The lowest BCUT2D eigenvalue weighted by molar-refractivity contribution is 0.583. The summed E-state index contributed by atoms with van der Waals surface area (Å²) in [4.78, 5) is 3.95. The van der Waals surface area contributed by atoms with Gasteiger partial charge in [-0.2, -0.15) is 5.10 Å². The lowest BCUT2D eigenvalue weighted by Crippen LogP contribution is -2.14. The summed E-state index contributed by atoms with van der Waals surface area (Å²) < 4.78 is 13.2. The SMILES string of the molecule is Fc1ccccc1CNCc1ncn[nH]1. The molecule has 0 saturated heterocycles. The molecule has 0 spiro atoms. The monoisotopic (exact) mass is 206 g/mol. The van der Waals surface area contributed by atoms with Crippen molar-refractivity contribution in [2.75, 3.05) is 0 Å². The number of hydrogen-bond donors (Lipinski definition) is 2. The summed E-state index contributed by atoms with van der Waals surface area (Å²) in [6, 6.07) is 6.69. The quantitative estimate of drug-likeness (QED) is 0.791. The fraction of sp³-hybridized carbons (Fsp3) is 0.200. The van der Waals surface area contributed by atoms with Crippen molar-refractivity contribution in [1.82, 2.24) is 20.5 Å². The molecule has 0 aliphatic heterocycles. The van der Waals surface area contributed by atoms with Gasteiger partial charge in [0.05, 0.1) is 6.54 Å². The normalized spacial score (nSPS) is 10.5. The molecule has 0 atom stereocenters. The van der Waals surface area contributed by atoms with E-state index in [1.165, 1.54) is 12.4 Å². The van der Waals surface area contributed by atoms with Crippen molar-refractivity contribution in [3.8, 4) is 0 Å². The Kier molecular flexibility index (Phi) is 3.04. The molecule has 1 aromatic heterocycles. The van der Waals surface area contributed by atoms with Gasteiger partial charge in [0.25, 0.3) is 0 Å². The molecule has 2 rings (SSSR count). The first-order valence-corrected chi connectivity index (χ1v) is 4.64. The van der Waals surface area contributed by atoms with E-state index in [0.29, 0.717) is 18.7 Å². The molecule has 2 aromatic rings. The highest BCUT2D eigenvalue weighted by Gasteiger charge is 2.00. The maximum absolute atomic E-state index is 13.2. The second kappa shape index (κ2) is 4.65. The van der Waals surface area contributed by atoms with Crippen molar-refractivity contribution in [2.45, 2.75) is 13.1 Å². The van der Waals surface area contributed by atoms with Gasteiger partial charge < -0.3 is 5.32 Å². The predicted molar refractivity (Wildman–Crippen MR) is 53.3 cm³/mol. The summed E-state index contributed by atoms with van der Waals surface area (Å²) >= 11 is 0. The number of aromatic nitrogens is 3. The van der Waals surface area contributed by atoms with Crippen molar-refractivity contribution in [3.63, 3.8) is 0 Å². The highest BCUT2D eigenvalue weighted by atomic mass is 19.1. The van der Waals surface area contributed by atoms with Gasteiger partial charge in [0.15, 0.2) is 0 Å². The molecule has 0 aliphatic rings. The molecule has 78 valence electrons. The van der Waals surface area contributed by atoms with Crippen molar-refractivity contribution < 1.29 is 4.39 Å². The van der Waals surface area contributed by atoms with Gasteiger partial charge in [-0.1, -0.05) is 18.2 Å². The minimum atomic E-state index is -0.192. The van der Waals surface area contributed by atoms with Crippen LogP contribution in [0.25, 0.3) is 0 Å². The fourth-order valence-corrected chi connectivity index (χ4v) is 1.27. The van der Waals surface area contributed by atoms with E-state index in [1.807, 2.05) is 6.07 Å². The molecule has 0 fully saturated rings. The Balaban J connectivity index is 1.86. The van der Waals surface area contributed by atoms with Crippen LogP contribution in [0.2, 0.25) is 0 Å². The van der Waals surface area contributed by atoms with Crippen LogP contribution >= 0.6 is 0 Å². The number of hydrogen-bond acceptors (Lipinski definition) is 3. The highest BCUT2D eigenvalue weighted by molar-refractivity contribution is 5.16. The predicted octanol–water partition coefficient (Wildman–Crippen LogP) is 1.23. The summed E-state index contributed by atoms with van der Waals surface area (Å²) in [6.45, 7) is 1.03. The second-order valence-electron chi connectivity index (χ2n) is 3.13. The number of aromatic amines is 1.